The quantitative estimate of drug-likeness (QED) is 0.391. The number of nitrogens with one attached hydrogen (secondary N) is 1. The maximum atomic E-state index is 14.2. The van der Waals surface area contributed by atoms with Gasteiger partial charge in [-0.3, -0.25) is 19.1 Å². The van der Waals surface area contributed by atoms with Crippen LogP contribution in [0.5, 0.6) is 0 Å². The minimum absolute atomic E-state index is 0.0204. The van der Waals surface area contributed by atoms with Crippen molar-refractivity contribution in [3.63, 3.8) is 0 Å². The van der Waals surface area contributed by atoms with E-state index >= 15 is 0 Å². The van der Waals surface area contributed by atoms with Crippen LogP contribution in [0, 0.1) is 11.6 Å². The molecule has 182 valence electrons. The molecule has 2 heterocycles. The molecule has 4 rings (SSSR count). The first-order valence-electron chi connectivity index (χ1n) is 10.7. The normalized spacial score (nSPS) is 11.7. The number of ether oxygens (including phenoxy) is 1. The van der Waals surface area contributed by atoms with Crippen LogP contribution >= 0.6 is 0 Å². The number of sulfonamides is 1. The van der Waals surface area contributed by atoms with E-state index in [-0.39, 0.29) is 23.5 Å². The topological polar surface area (TPSA) is 103 Å². The molecule has 8 nitrogen and oxygen atoms in total. The third-order valence-corrected chi connectivity index (χ3v) is 6.70. The number of pyridine rings is 1. The van der Waals surface area contributed by atoms with Gasteiger partial charge in [0.25, 0.3) is 15.6 Å². The Labute approximate surface area is 200 Å². The average molecular weight is 501 g/mol. The summed E-state index contributed by atoms with van der Waals surface area (Å²) in [5.74, 6) is -2.12. The smallest absolute Gasteiger partial charge is 0.264 e. The standard InChI is InChI=1S/C24H22F2N4O4S/c1-3-8-30-14-28-20-6-4-15(9-18(20)24(30)31)16-10-21(22(13-34-2)27-12-16)29-35(32,33)23-7-5-17(25)11-19(23)26/h4-7,9-12,14,29H,3,8,13H2,1-2H3. The van der Waals surface area contributed by atoms with Gasteiger partial charge in [0, 0.05) is 31.5 Å². The largest absolute Gasteiger partial charge is 0.378 e. The van der Waals surface area contributed by atoms with Crippen molar-refractivity contribution in [3.8, 4) is 11.1 Å². The summed E-state index contributed by atoms with van der Waals surface area (Å²) in [5.41, 5.74) is 1.78. The summed E-state index contributed by atoms with van der Waals surface area (Å²) >= 11 is 0. The van der Waals surface area contributed by atoms with Gasteiger partial charge in [0.1, 0.15) is 16.5 Å². The van der Waals surface area contributed by atoms with E-state index in [1.165, 1.54) is 30.3 Å². The fraction of sp³-hybridized carbons (Fsp3) is 0.208. The van der Waals surface area contributed by atoms with E-state index in [1.54, 1.807) is 18.2 Å². The third kappa shape index (κ3) is 5.05. The molecule has 0 atom stereocenters. The summed E-state index contributed by atoms with van der Waals surface area (Å²) < 4.78 is 62.1. The predicted molar refractivity (Wildman–Crippen MR) is 127 cm³/mol. The van der Waals surface area contributed by atoms with Crippen LogP contribution in [0.4, 0.5) is 14.5 Å². The molecule has 0 aliphatic carbocycles. The van der Waals surface area contributed by atoms with Gasteiger partial charge in [0.2, 0.25) is 0 Å². The van der Waals surface area contributed by atoms with Gasteiger partial charge >= 0.3 is 0 Å². The van der Waals surface area contributed by atoms with E-state index in [9.17, 15) is 22.0 Å². The zero-order chi connectivity index (χ0) is 25.2. The number of aromatic nitrogens is 3. The second-order valence-corrected chi connectivity index (χ2v) is 9.46. The molecule has 0 unspecified atom stereocenters. The maximum absolute atomic E-state index is 14.2. The Morgan fingerprint density at radius 1 is 1.06 bits per heavy atom. The molecule has 0 aliphatic heterocycles. The summed E-state index contributed by atoms with van der Waals surface area (Å²) in [6.07, 6.45) is 3.80. The summed E-state index contributed by atoms with van der Waals surface area (Å²) in [6, 6.07) is 8.82. The number of benzene rings is 2. The second-order valence-electron chi connectivity index (χ2n) is 7.81. The van der Waals surface area contributed by atoms with E-state index in [1.807, 2.05) is 6.92 Å². The van der Waals surface area contributed by atoms with Gasteiger partial charge in [-0.05, 0) is 42.3 Å². The van der Waals surface area contributed by atoms with Crippen LogP contribution in [0.2, 0.25) is 0 Å². The monoisotopic (exact) mass is 500 g/mol. The summed E-state index contributed by atoms with van der Waals surface area (Å²) in [7, 11) is -2.98. The number of hydrogen-bond donors (Lipinski definition) is 1. The van der Waals surface area contributed by atoms with E-state index in [0.29, 0.717) is 34.6 Å². The predicted octanol–water partition coefficient (Wildman–Crippen LogP) is 4.09. The molecule has 1 N–H and O–H groups in total. The highest BCUT2D eigenvalue weighted by Crippen LogP contribution is 2.28. The van der Waals surface area contributed by atoms with Crippen LogP contribution in [-0.2, 0) is 27.9 Å². The summed E-state index contributed by atoms with van der Waals surface area (Å²) in [4.78, 5) is 20.8. The maximum Gasteiger partial charge on any atom is 0.264 e. The Kier molecular flexibility index (Phi) is 6.90. The van der Waals surface area contributed by atoms with Crippen molar-refractivity contribution in [1.29, 1.82) is 0 Å². The van der Waals surface area contributed by atoms with Gasteiger partial charge in [0.15, 0.2) is 0 Å². The molecular formula is C24H22F2N4O4S. The van der Waals surface area contributed by atoms with E-state index < -0.39 is 26.6 Å². The Hall–Kier alpha value is -3.70. The van der Waals surface area contributed by atoms with Crippen molar-refractivity contribution in [2.45, 2.75) is 31.4 Å². The number of nitrogens with zero attached hydrogens (tertiary/aromatic N) is 3. The van der Waals surface area contributed by atoms with Crippen LogP contribution in [-0.4, -0.2) is 30.1 Å². The number of fused-ring (bicyclic) bond motifs is 1. The first-order valence-corrected chi connectivity index (χ1v) is 12.2. The molecule has 11 heteroatoms. The van der Waals surface area contributed by atoms with Crippen LogP contribution in [0.3, 0.4) is 0 Å². The minimum Gasteiger partial charge on any atom is -0.378 e. The Bertz CT molecular complexity index is 1570. The van der Waals surface area contributed by atoms with Crippen molar-refractivity contribution in [2.24, 2.45) is 0 Å². The Morgan fingerprint density at radius 2 is 1.86 bits per heavy atom. The van der Waals surface area contributed by atoms with Crippen molar-refractivity contribution >= 4 is 26.6 Å². The van der Waals surface area contributed by atoms with Crippen molar-refractivity contribution in [1.82, 2.24) is 14.5 Å². The number of hydrogen-bond acceptors (Lipinski definition) is 6. The fourth-order valence-corrected chi connectivity index (χ4v) is 4.76. The van der Waals surface area contributed by atoms with Crippen molar-refractivity contribution < 1.29 is 21.9 Å². The lowest BCUT2D eigenvalue weighted by molar-refractivity contribution is 0.182. The highest BCUT2D eigenvalue weighted by molar-refractivity contribution is 7.92. The molecule has 2 aromatic carbocycles. The molecule has 0 aliphatic rings. The molecule has 0 saturated heterocycles. The van der Waals surface area contributed by atoms with Gasteiger partial charge in [0.05, 0.1) is 35.2 Å². The molecule has 0 fully saturated rings. The molecule has 0 radical (unpaired) electrons. The van der Waals surface area contributed by atoms with Crippen LogP contribution in [0.25, 0.3) is 22.0 Å². The molecular weight excluding hydrogens is 478 g/mol. The number of halogens is 2. The summed E-state index contributed by atoms with van der Waals surface area (Å²) in [6.45, 7) is 2.47. The van der Waals surface area contributed by atoms with E-state index in [2.05, 4.69) is 14.7 Å². The fourth-order valence-electron chi connectivity index (χ4n) is 3.62. The number of anilines is 1. The molecule has 0 saturated carbocycles. The van der Waals surface area contributed by atoms with Gasteiger partial charge in [-0.1, -0.05) is 13.0 Å². The lowest BCUT2D eigenvalue weighted by atomic mass is 10.0. The molecule has 0 bridgehead atoms. The first-order chi connectivity index (χ1) is 16.7. The zero-order valence-electron chi connectivity index (χ0n) is 19.0. The Morgan fingerprint density at radius 3 is 2.57 bits per heavy atom. The number of rotatable bonds is 8. The molecule has 0 spiro atoms. The Balaban J connectivity index is 1.79. The first kappa shape index (κ1) is 24.4. The van der Waals surface area contributed by atoms with Crippen LogP contribution in [0.1, 0.15) is 19.0 Å². The second kappa shape index (κ2) is 9.88. The van der Waals surface area contributed by atoms with Crippen molar-refractivity contribution in [3.05, 3.63) is 82.7 Å². The SMILES string of the molecule is CCCn1cnc2ccc(-c3cnc(COC)c(NS(=O)(=O)c4ccc(F)cc4F)c3)cc2c1=O. The van der Waals surface area contributed by atoms with E-state index in [0.717, 1.165) is 18.6 Å². The van der Waals surface area contributed by atoms with Gasteiger partial charge < -0.3 is 4.74 Å². The lowest BCUT2D eigenvalue weighted by Crippen LogP contribution is -2.20. The zero-order valence-corrected chi connectivity index (χ0v) is 19.8. The van der Waals surface area contributed by atoms with Crippen LogP contribution < -0.4 is 10.3 Å². The van der Waals surface area contributed by atoms with Gasteiger partial charge in [-0.15, -0.1) is 0 Å². The van der Waals surface area contributed by atoms with Gasteiger partial charge in [-0.25, -0.2) is 22.2 Å². The summed E-state index contributed by atoms with van der Waals surface area (Å²) in [5, 5.41) is 0.412. The average Bonchev–Trinajstić information content (AvgIpc) is 2.81. The van der Waals surface area contributed by atoms with Gasteiger partial charge in [-0.2, -0.15) is 0 Å². The number of aryl methyl sites for hydroxylation is 1. The molecule has 2 aromatic heterocycles. The molecule has 35 heavy (non-hydrogen) atoms. The molecule has 0 amide bonds. The van der Waals surface area contributed by atoms with Crippen LogP contribution in [0.15, 0.2) is 64.7 Å². The van der Waals surface area contributed by atoms with Crippen molar-refractivity contribution in [2.75, 3.05) is 11.8 Å². The number of methoxy groups -OCH3 is 1. The van der Waals surface area contributed by atoms with E-state index in [4.69, 9.17) is 4.74 Å². The highest BCUT2D eigenvalue weighted by atomic mass is 32.2. The highest BCUT2D eigenvalue weighted by Gasteiger charge is 2.22. The third-order valence-electron chi connectivity index (χ3n) is 5.30. The lowest BCUT2D eigenvalue weighted by Gasteiger charge is -2.14. The molecule has 4 aromatic rings. The minimum atomic E-state index is -4.40.